The topological polar surface area (TPSA) is 47.3 Å². The molecule has 2 aromatic carbocycles. The average molecular weight is 288 g/mol. The van der Waals surface area contributed by atoms with Gasteiger partial charge in [0.1, 0.15) is 11.6 Å². The summed E-state index contributed by atoms with van der Waals surface area (Å²) in [4.78, 5) is 0. The highest BCUT2D eigenvalue weighted by molar-refractivity contribution is 5.32. The molecule has 0 aliphatic carbocycles. The number of hydrogen-bond donors (Lipinski definition) is 2. The smallest absolute Gasteiger partial charge is 0.123 e. The van der Waals surface area contributed by atoms with Crippen molar-refractivity contribution in [2.24, 2.45) is 5.84 Å². The molecule has 0 radical (unpaired) electrons. The van der Waals surface area contributed by atoms with Crippen LogP contribution in [0.25, 0.3) is 0 Å². The summed E-state index contributed by atoms with van der Waals surface area (Å²) in [5, 5.41) is 0. The maximum absolute atomic E-state index is 12.9. The van der Waals surface area contributed by atoms with Crippen molar-refractivity contribution < 1.29 is 9.13 Å². The van der Waals surface area contributed by atoms with Crippen LogP contribution in [0.15, 0.2) is 48.5 Å². The molecule has 2 aromatic rings. The lowest BCUT2D eigenvalue weighted by atomic mass is 9.99. The second-order valence-corrected chi connectivity index (χ2v) is 5.29. The molecule has 4 heteroatoms. The number of hydrazine groups is 1. The fraction of sp³-hybridized carbons (Fsp3) is 0.294. The summed E-state index contributed by atoms with van der Waals surface area (Å²) in [6.07, 6.45) is 0.809. The van der Waals surface area contributed by atoms with Crippen LogP contribution in [0.3, 0.4) is 0 Å². The lowest BCUT2D eigenvalue weighted by Crippen LogP contribution is -2.29. The summed E-state index contributed by atoms with van der Waals surface area (Å²) < 4.78 is 18.6. The van der Waals surface area contributed by atoms with Crippen LogP contribution < -0.4 is 16.0 Å². The minimum Gasteiger partial charge on any atom is -0.491 e. The number of nitrogens with one attached hydrogen (secondary N) is 1. The first-order valence-electron chi connectivity index (χ1n) is 7.05. The van der Waals surface area contributed by atoms with Crippen LogP contribution in [0, 0.1) is 5.82 Å². The van der Waals surface area contributed by atoms with Crippen molar-refractivity contribution in [1.29, 1.82) is 0 Å². The van der Waals surface area contributed by atoms with Crippen molar-refractivity contribution in [3.8, 4) is 5.75 Å². The Morgan fingerprint density at radius 2 is 1.86 bits per heavy atom. The van der Waals surface area contributed by atoms with Crippen molar-refractivity contribution >= 4 is 0 Å². The molecule has 1 atom stereocenters. The summed E-state index contributed by atoms with van der Waals surface area (Å²) >= 11 is 0. The maximum Gasteiger partial charge on any atom is 0.123 e. The zero-order valence-electron chi connectivity index (χ0n) is 12.3. The molecule has 0 amide bonds. The molecule has 0 heterocycles. The quantitative estimate of drug-likeness (QED) is 0.633. The fourth-order valence-corrected chi connectivity index (χ4v) is 2.21. The molecule has 0 fully saturated rings. The Labute approximate surface area is 124 Å². The Balaban J connectivity index is 2.15. The number of ether oxygens (including phenoxy) is 1. The summed E-state index contributed by atoms with van der Waals surface area (Å²) in [5.74, 6) is 6.26. The number of nitrogens with two attached hydrogens (primary N) is 1. The van der Waals surface area contributed by atoms with Crippen LogP contribution in [-0.4, -0.2) is 6.10 Å². The molecule has 21 heavy (non-hydrogen) atoms. The van der Waals surface area contributed by atoms with Gasteiger partial charge in [0.15, 0.2) is 0 Å². The summed E-state index contributed by atoms with van der Waals surface area (Å²) in [6.45, 7) is 3.98. The van der Waals surface area contributed by atoms with E-state index in [1.54, 1.807) is 12.1 Å². The van der Waals surface area contributed by atoms with Gasteiger partial charge in [0.25, 0.3) is 0 Å². The number of halogens is 1. The Morgan fingerprint density at radius 1 is 1.14 bits per heavy atom. The molecule has 0 spiro atoms. The van der Waals surface area contributed by atoms with E-state index in [9.17, 15) is 4.39 Å². The van der Waals surface area contributed by atoms with Crippen LogP contribution >= 0.6 is 0 Å². The van der Waals surface area contributed by atoms with Crippen molar-refractivity contribution in [2.45, 2.75) is 32.4 Å². The summed E-state index contributed by atoms with van der Waals surface area (Å²) in [5.41, 5.74) is 4.88. The molecule has 0 aromatic heterocycles. The van der Waals surface area contributed by atoms with Crippen molar-refractivity contribution in [3.63, 3.8) is 0 Å². The van der Waals surface area contributed by atoms with E-state index in [0.717, 1.165) is 16.9 Å². The summed E-state index contributed by atoms with van der Waals surface area (Å²) in [6, 6.07) is 14.3. The molecule has 1 unspecified atom stereocenters. The SMILES string of the molecule is CC(C)Oc1cccc(C(Cc2ccc(F)cc2)NN)c1. The van der Waals surface area contributed by atoms with Gasteiger partial charge >= 0.3 is 0 Å². The lowest BCUT2D eigenvalue weighted by molar-refractivity contribution is 0.242. The van der Waals surface area contributed by atoms with Gasteiger partial charge in [0, 0.05) is 0 Å². The highest BCUT2D eigenvalue weighted by atomic mass is 19.1. The van der Waals surface area contributed by atoms with Gasteiger partial charge in [-0.1, -0.05) is 24.3 Å². The van der Waals surface area contributed by atoms with Crippen molar-refractivity contribution in [3.05, 3.63) is 65.5 Å². The third kappa shape index (κ3) is 4.55. The van der Waals surface area contributed by atoms with Crippen molar-refractivity contribution in [1.82, 2.24) is 5.43 Å². The van der Waals surface area contributed by atoms with Crippen molar-refractivity contribution in [2.75, 3.05) is 0 Å². The first-order chi connectivity index (χ1) is 10.1. The van der Waals surface area contributed by atoms with Crippen LogP contribution in [-0.2, 0) is 6.42 Å². The second-order valence-electron chi connectivity index (χ2n) is 5.29. The Kier molecular flexibility index (Phi) is 5.31. The van der Waals surface area contributed by atoms with Gasteiger partial charge in [-0.15, -0.1) is 0 Å². The molecule has 0 bridgehead atoms. The fourth-order valence-electron chi connectivity index (χ4n) is 2.21. The second kappa shape index (κ2) is 7.20. The minimum atomic E-state index is -0.233. The Hall–Kier alpha value is -1.91. The zero-order valence-corrected chi connectivity index (χ0v) is 12.3. The Bertz CT molecular complexity index is 569. The van der Waals surface area contributed by atoms with Crippen LogP contribution in [0.5, 0.6) is 5.75 Å². The molecule has 3 N–H and O–H groups in total. The van der Waals surface area contributed by atoms with Gasteiger partial charge in [-0.2, -0.15) is 0 Å². The van der Waals surface area contributed by atoms with Gasteiger partial charge in [-0.25, -0.2) is 4.39 Å². The Morgan fingerprint density at radius 3 is 2.48 bits per heavy atom. The van der Waals surface area contributed by atoms with E-state index < -0.39 is 0 Å². The highest BCUT2D eigenvalue weighted by Gasteiger charge is 2.12. The van der Waals surface area contributed by atoms with E-state index in [0.29, 0.717) is 6.42 Å². The molecule has 0 saturated carbocycles. The number of hydrogen-bond acceptors (Lipinski definition) is 3. The van der Waals surface area contributed by atoms with Crippen LogP contribution in [0.4, 0.5) is 4.39 Å². The molecule has 3 nitrogen and oxygen atoms in total. The molecule has 112 valence electrons. The van der Waals surface area contributed by atoms with E-state index in [1.165, 1.54) is 12.1 Å². The molecule has 0 aliphatic rings. The predicted molar refractivity (Wildman–Crippen MR) is 82.4 cm³/mol. The first kappa shape index (κ1) is 15.5. The van der Waals surface area contributed by atoms with E-state index in [2.05, 4.69) is 5.43 Å². The van der Waals surface area contributed by atoms with Gasteiger partial charge in [-0.3, -0.25) is 11.3 Å². The predicted octanol–water partition coefficient (Wildman–Crippen LogP) is 3.36. The van der Waals surface area contributed by atoms with E-state index in [4.69, 9.17) is 10.6 Å². The van der Waals surface area contributed by atoms with E-state index >= 15 is 0 Å². The molecule has 0 aliphatic heterocycles. The van der Waals surface area contributed by atoms with Gasteiger partial charge in [0.2, 0.25) is 0 Å². The zero-order chi connectivity index (χ0) is 15.2. The minimum absolute atomic E-state index is 0.0498. The third-order valence-corrected chi connectivity index (χ3v) is 3.19. The van der Waals surface area contributed by atoms with Crippen LogP contribution in [0.1, 0.15) is 31.0 Å². The maximum atomic E-state index is 12.9. The van der Waals surface area contributed by atoms with Gasteiger partial charge in [-0.05, 0) is 55.7 Å². The van der Waals surface area contributed by atoms with E-state index in [1.807, 2.05) is 38.1 Å². The van der Waals surface area contributed by atoms with Crippen LogP contribution in [0.2, 0.25) is 0 Å². The standard InChI is InChI=1S/C17H21FN2O/c1-12(2)21-16-5-3-4-14(11-16)17(20-19)10-13-6-8-15(18)9-7-13/h3-9,11-12,17,20H,10,19H2,1-2H3. The molecule has 0 saturated heterocycles. The molecular formula is C17H21FN2O. The van der Waals surface area contributed by atoms with E-state index in [-0.39, 0.29) is 18.0 Å². The largest absolute Gasteiger partial charge is 0.491 e. The van der Waals surface area contributed by atoms with Gasteiger partial charge in [0.05, 0.1) is 12.1 Å². The number of rotatable bonds is 6. The highest BCUT2D eigenvalue weighted by Crippen LogP contribution is 2.23. The first-order valence-corrected chi connectivity index (χ1v) is 7.05. The molecule has 2 rings (SSSR count). The molecular weight excluding hydrogens is 267 g/mol. The summed E-state index contributed by atoms with van der Waals surface area (Å²) in [7, 11) is 0. The average Bonchev–Trinajstić information content (AvgIpc) is 2.46. The normalized spacial score (nSPS) is 12.4. The third-order valence-electron chi connectivity index (χ3n) is 3.19. The lowest BCUT2D eigenvalue weighted by Gasteiger charge is -2.18. The number of benzene rings is 2. The monoisotopic (exact) mass is 288 g/mol. The van der Waals surface area contributed by atoms with Gasteiger partial charge < -0.3 is 4.74 Å².